The highest BCUT2D eigenvalue weighted by atomic mass is 32.2. The van der Waals surface area contributed by atoms with Gasteiger partial charge in [-0.1, -0.05) is 61.5 Å². The first-order valence-corrected chi connectivity index (χ1v) is 14.8. The van der Waals surface area contributed by atoms with Crippen LogP contribution in [0.15, 0.2) is 89.8 Å². The number of benzene rings is 3. The summed E-state index contributed by atoms with van der Waals surface area (Å²) in [6, 6.07) is 24.4. The summed E-state index contributed by atoms with van der Waals surface area (Å²) >= 11 is 0. The number of hydrogen-bond donors (Lipinski definition) is 1. The van der Waals surface area contributed by atoms with Crippen molar-refractivity contribution in [3.8, 4) is 5.75 Å². The molecule has 3 aliphatic rings. The number of nitrogens with one attached hydrogen (secondary N) is 1. The van der Waals surface area contributed by atoms with Crippen LogP contribution in [-0.2, 0) is 16.6 Å². The zero-order valence-electron chi connectivity index (χ0n) is 21.2. The highest BCUT2D eigenvalue weighted by molar-refractivity contribution is 7.89. The number of fused-ring (bicyclic) bond motifs is 3. The van der Waals surface area contributed by atoms with E-state index in [1.165, 1.54) is 5.56 Å². The van der Waals surface area contributed by atoms with E-state index < -0.39 is 10.0 Å². The normalized spacial score (nSPS) is 23.8. The van der Waals surface area contributed by atoms with E-state index in [1.807, 2.05) is 42.5 Å². The van der Waals surface area contributed by atoms with Gasteiger partial charge in [0, 0.05) is 24.7 Å². The third-order valence-electron chi connectivity index (χ3n) is 8.20. The fraction of sp³-hybridized carbons (Fsp3) is 0.355. The molecule has 6 heteroatoms. The molecule has 192 valence electrons. The Morgan fingerprint density at radius 1 is 0.973 bits per heavy atom. The van der Waals surface area contributed by atoms with Crippen molar-refractivity contribution in [1.82, 2.24) is 4.31 Å². The van der Waals surface area contributed by atoms with Crippen LogP contribution in [0.5, 0.6) is 5.75 Å². The van der Waals surface area contributed by atoms with Gasteiger partial charge >= 0.3 is 0 Å². The molecule has 5 nitrogen and oxygen atoms in total. The lowest BCUT2D eigenvalue weighted by Crippen LogP contribution is -2.38. The third-order valence-corrected chi connectivity index (χ3v) is 10.1. The Hall–Kier alpha value is -3.09. The smallest absolute Gasteiger partial charge is 0.243 e. The van der Waals surface area contributed by atoms with Gasteiger partial charge < -0.3 is 10.1 Å². The molecule has 0 radical (unpaired) electrons. The quantitative estimate of drug-likeness (QED) is 0.381. The largest absolute Gasteiger partial charge is 0.489 e. The molecule has 1 N–H and O–H groups in total. The molecular weight excluding hydrogens is 480 g/mol. The minimum atomic E-state index is -3.48. The topological polar surface area (TPSA) is 58.6 Å². The van der Waals surface area contributed by atoms with Crippen molar-refractivity contribution in [2.45, 2.75) is 49.6 Å². The molecule has 3 atom stereocenters. The zero-order chi connectivity index (χ0) is 25.4. The number of piperidine rings is 1. The second-order valence-electron chi connectivity index (χ2n) is 10.7. The van der Waals surface area contributed by atoms with Gasteiger partial charge in [-0.3, -0.25) is 0 Å². The molecule has 2 aliphatic heterocycles. The molecule has 0 amide bonds. The lowest BCUT2D eigenvalue weighted by molar-refractivity contribution is 0.288. The van der Waals surface area contributed by atoms with Crippen LogP contribution < -0.4 is 10.1 Å². The summed E-state index contributed by atoms with van der Waals surface area (Å²) in [6.07, 6.45) is 7.32. The van der Waals surface area contributed by atoms with Crippen LogP contribution in [0.2, 0.25) is 0 Å². The van der Waals surface area contributed by atoms with E-state index in [0.29, 0.717) is 36.4 Å². The minimum absolute atomic E-state index is 0.154. The predicted molar refractivity (Wildman–Crippen MR) is 147 cm³/mol. The van der Waals surface area contributed by atoms with E-state index in [2.05, 4.69) is 48.7 Å². The van der Waals surface area contributed by atoms with Gasteiger partial charge in [0.15, 0.2) is 0 Å². The van der Waals surface area contributed by atoms with Crippen LogP contribution in [0, 0.1) is 11.8 Å². The molecule has 6 rings (SSSR count). The summed E-state index contributed by atoms with van der Waals surface area (Å²) in [6.45, 7) is 3.96. The second kappa shape index (κ2) is 9.99. The standard InChI is InChI=1S/C31H34N2O3S/c1-22-16-18-33(19-17-22)37(34,35)26-14-15-30-29(20-26)27-8-5-9-28(27)31(32-30)24-10-12-25(13-11-24)36-21-23-6-3-2-4-7-23/h2-8,10-15,20,22,27-28,31-32H,9,16-19,21H2,1H3. The highest BCUT2D eigenvalue weighted by Gasteiger charge is 2.39. The molecule has 3 aromatic carbocycles. The first kappa shape index (κ1) is 24.3. The monoisotopic (exact) mass is 514 g/mol. The molecule has 0 saturated carbocycles. The van der Waals surface area contributed by atoms with Gasteiger partial charge in [0.05, 0.1) is 10.9 Å². The summed E-state index contributed by atoms with van der Waals surface area (Å²) in [7, 11) is -3.48. The molecule has 2 heterocycles. The van der Waals surface area contributed by atoms with Crippen LogP contribution in [0.1, 0.15) is 54.8 Å². The maximum atomic E-state index is 13.4. The highest BCUT2D eigenvalue weighted by Crippen LogP contribution is 2.50. The summed E-state index contributed by atoms with van der Waals surface area (Å²) < 4.78 is 34.5. The lowest BCUT2D eigenvalue weighted by atomic mass is 9.77. The molecular formula is C31H34N2O3S. The van der Waals surface area contributed by atoms with Crippen LogP contribution in [-0.4, -0.2) is 25.8 Å². The second-order valence-corrected chi connectivity index (χ2v) is 12.6. The van der Waals surface area contributed by atoms with Crippen molar-refractivity contribution in [2.24, 2.45) is 11.8 Å². The Morgan fingerprint density at radius 2 is 1.73 bits per heavy atom. The molecule has 1 saturated heterocycles. The summed E-state index contributed by atoms with van der Waals surface area (Å²) in [5.74, 6) is 1.99. The predicted octanol–water partition coefficient (Wildman–Crippen LogP) is 6.51. The van der Waals surface area contributed by atoms with Crippen molar-refractivity contribution in [3.63, 3.8) is 0 Å². The van der Waals surface area contributed by atoms with E-state index in [9.17, 15) is 8.42 Å². The SMILES string of the molecule is CC1CCN(S(=O)(=O)c2ccc3c(c2)C2C=CCC2C(c2ccc(OCc4ccccc4)cc2)N3)CC1. The van der Waals surface area contributed by atoms with Crippen molar-refractivity contribution in [1.29, 1.82) is 0 Å². The zero-order valence-corrected chi connectivity index (χ0v) is 22.0. The Morgan fingerprint density at radius 3 is 2.49 bits per heavy atom. The minimum Gasteiger partial charge on any atom is -0.489 e. The number of allylic oxidation sites excluding steroid dienone is 2. The van der Waals surface area contributed by atoms with Crippen molar-refractivity contribution in [3.05, 3.63) is 102 Å². The molecule has 0 spiro atoms. The maximum Gasteiger partial charge on any atom is 0.243 e. The summed E-state index contributed by atoms with van der Waals surface area (Å²) in [5, 5.41) is 3.74. The average molecular weight is 515 g/mol. The van der Waals surface area contributed by atoms with Gasteiger partial charge in [-0.2, -0.15) is 4.31 Å². The van der Waals surface area contributed by atoms with Crippen molar-refractivity contribution in [2.75, 3.05) is 18.4 Å². The third kappa shape index (κ3) is 4.80. The van der Waals surface area contributed by atoms with Crippen molar-refractivity contribution >= 4 is 15.7 Å². The first-order chi connectivity index (χ1) is 18.0. The van der Waals surface area contributed by atoms with E-state index in [-0.39, 0.29) is 12.0 Å². The van der Waals surface area contributed by atoms with Gasteiger partial charge in [0.25, 0.3) is 0 Å². The molecule has 1 fully saturated rings. The van der Waals surface area contributed by atoms with E-state index in [4.69, 9.17) is 4.74 Å². The average Bonchev–Trinajstić information content (AvgIpc) is 3.43. The number of ether oxygens (including phenoxy) is 1. The van der Waals surface area contributed by atoms with Gasteiger partial charge in [-0.05, 0) is 78.1 Å². The van der Waals surface area contributed by atoms with Gasteiger partial charge in [-0.25, -0.2) is 8.42 Å². The molecule has 1 aliphatic carbocycles. The molecule has 3 unspecified atom stereocenters. The van der Waals surface area contributed by atoms with E-state index >= 15 is 0 Å². The molecule has 0 aromatic heterocycles. The number of anilines is 1. The Balaban J connectivity index is 1.21. The van der Waals surface area contributed by atoms with Crippen LogP contribution in [0.4, 0.5) is 5.69 Å². The van der Waals surface area contributed by atoms with Crippen LogP contribution in [0.3, 0.4) is 0 Å². The Kier molecular flexibility index (Phi) is 6.55. The van der Waals surface area contributed by atoms with Crippen LogP contribution >= 0.6 is 0 Å². The summed E-state index contributed by atoms with van der Waals surface area (Å²) in [4.78, 5) is 0.417. The Bertz CT molecular complexity index is 1380. The molecule has 0 bridgehead atoms. The fourth-order valence-corrected chi connectivity index (χ4v) is 7.46. The van der Waals surface area contributed by atoms with Gasteiger partial charge in [0.1, 0.15) is 12.4 Å². The summed E-state index contributed by atoms with van der Waals surface area (Å²) in [5.41, 5.74) is 4.47. The van der Waals surface area contributed by atoms with E-state index in [0.717, 1.165) is 41.8 Å². The number of hydrogen-bond acceptors (Lipinski definition) is 4. The van der Waals surface area contributed by atoms with Crippen molar-refractivity contribution < 1.29 is 13.2 Å². The number of sulfonamides is 1. The van der Waals surface area contributed by atoms with Gasteiger partial charge in [-0.15, -0.1) is 0 Å². The Labute approximate surface area is 220 Å². The maximum absolute atomic E-state index is 13.4. The number of rotatable bonds is 6. The first-order valence-electron chi connectivity index (χ1n) is 13.3. The molecule has 3 aromatic rings. The number of nitrogens with zero attached hydrogens (tertiary/aromatic N) is 1. The molecule has 37 heavy (non-hydrogen) atoms. The van der Waals surface area contributed by atoms with Crippen LogP contribution in [0.25, 0.3) is 0 Å². The van der Waals surface area contributed by atoms with Gasteiger partial charge in [0.2, 0.25) is 10.0 Å². The van der Waals surface area contributed by atoms with E-state index in [1.54, 1.807) is 10.4 Å². The lowest BCUT2D eigenvalue weighted by Gasteiger charge is -2.38. The fourth-order valence-electron chi connectivity index (χ4n) is 5.95.